The van der Waals surface area contributed by atoms with Gasteiger partial charge in [0.2, 0.25) is 5.91 Å². The Morgan fingerprint density at radius 1 is 1.00 bits per heavy atom. The van der Waals surface area contributed by atoms with Crippen LogP contribution in [0.2, 0.25) is 16.6 Å². The molecule has 1 aromatic carbocycles. The van der Waals surface area contributed by atoms with Crippen molar-refractivity contribution >= 4 is 14.0 Å². The normalized spacial score (nSPS) is 11.7. The van der Waals surface area contributed by atoms with Gasteiger partial charge in [-0.05, 0) is 28.8 Å². The molecule has 0 aliphatic rings. The van der Waals surface area contributed by atoms with Crippen LogP contribution in [0.25, 0.3) is 0 Å². The molecule has 0 fully saturated rings. The van der Waals surface area contributed by atoms with Gasteiger partial charge in [-0.15, -0.1) is 5.54 Å². The number of carbonyl (C=O) groups excluding carboxylic acids is 1. The standard InChI is InChI=1S/C18H27NOSi/c1-13(2)21(14(3)4,15(5)6)12-11-16-9-7-8-10-17(16)18(19)20/h7-10,13-15H,1-6H3,(H2,19,20). The molecule has 3 heteroatoms. The maximum atomic E-state index is 11.5. The number of hydrogen-bond donors (Lipinski definition) is 1. The van der Waals surface area contributed by atoms with Crippen LogP contribution in [0.3, 0.4) is 0 Å². The van der Waals surface area contributed by atoms with E-state index in [9.17, 15) is 4.79 Å². The molecule has 0 saturated heterocycles. The average molecular weight is 302 g/mol. The quantitative estimate of drug-likeness (QED) is 0.652. The van der Waals surface area contributed by atoms with Crippen molar-refractivity contribution in [2.24, 2.45) is 5.73 Å². The molecule has 0 bridgehead atoms. The van der Waals surface area contributed by atoms with E-state index < -0.39 is 14.0 Å². The first kappa shape index (κ1) is 17.5. The van der Waals surface area contributed by atoms with Gasteiger partial charge < -0.3 is 5.73 Å². The van der Waals surface area contributed by atoms with Crippen LogP contribution in [0.5, 0.6) is 0 Å². The molecule has 0 spiro atoms. The smallest absolute Gasteiger partial charge is 0.249 e. The molecular weight excluding hydrogens is 274 g/mol. The van der Waals surface area contributed by atoms with Crippen LogP contribution in [0.15, 0.2) is 24.3 Å². The van der Waals surface area contributed by atoms with Gasteiger partial charge in [0.25, 0.3) is 0 Å². The van der Waals surface area contributed by atoms with Gasteiger partial charge in [0.15, 0.2) is 0 Å². The Balaban J connectivity index is 3.39. The van der Waals surface area contributed by atoms with E-state index >= 15 is 0 Å². The van der Waals surface area contributed by atoms with Gasteiger partial charge in [-0.3, -0.25) is 4.79 Å². The second-order valence-electron chi connectivity index (χ2n) is 6.56. The minimum absolute atomic E-state index is 0.411. The predicted molar refractivity (Wildman–Crippen MR) is 92.9 cm³/mol. The molecule has 0 atom stereocenters. The SMILES string of the molecule is CC(C)[Si](C#Cc1ccccc1C(N)=O)(C(C)C)C(C)C. The Morgan fingerprint density at radius 3 is 1.90 bits per heavy atom. The first-order valence-corrected chi connectivity index (χ1v) is 9.88. The third kappa shape index (κ3) is 3.57. The lowest BCUT2D eigenvalue weighted by molar-refractivity contribution is 0.1000. The van der Waals surface area contributed by atoms with Gasteiger partial charge in [-0.1, -0.05) is 59.6 Å². The second-order valence-corrected chi connectivity index (χ2v) is 12.1. The second kappa shape index (κ2) is 6.95. The van der Waals surface area contributed by atoms with Gasteiger partial charge in [0, 0.05) is 5.56 Å². The number of nitrogens with two attached hydrogens (primary N) is 1. The molecule has 0 saturated carbocycles. The van der Waals surface area contributed by atoms with Crippen LogP contribution in [0.4, 0.5) is 0 Å². The van der Waals surface area contributed by atoms with Crippen LogP contribution >= 0.6 is 0 Å². The molecule has 114 valence electrons. The van der Waals surface area contributed by atoms with Gasteiger partial charge in [0.1, 0.15) is 8.07 Å². The Hall–Kier alpha value is -1.53. The van der Waals surface area contributed by atoms with Crippen molar-refractivity contribution < 1.29 is 4.79 Å². The van der Waals surface area contributed by atoms with Crippen molar-refractivity contribution in [2.45, 2.75) is 58.2 Å². The zero-order valence-corrected chi connectivity index (χ0v) is 15.0. The molecule has 0 heterocycles. The largest absolute Gasteiger partial charge is 0.366 e. The summed E-state index contributed by atoms with van der Waals surface area (Å²) >= 11 is 0. The maximum Gasteiger partial charge on any atom is 0.249 e. The van der Waals surface area contributed by atoms with Crippen molar-refractivity contribution in [1.29, 1.82) is 0 Å². The number of rotatable bonds is 4. The van der Waals surface area contributed by atoms with E-state index in [4.69, 9.17) is 5.73 Å². The molecule has 21 heavy (non-hydrogen) atoms. The fraction of sp³-hybridized carbons (Fsp3) is 0.500. The number of amides is 1. The fourth-order valence-electron chi connectivity index (χ4n) is 3.42. The highest BCUT2D eigenvalue weighted by atomic mass is 28.3. The van der Waals surface area contributed by atoms with Crippen molar-refractivity contribution in [3.63, 3.8) is 0 Å². The summed E-state index contributed by atoms with van der Waals surface area (Å²) in [4.78, 5) is 11.5. The first-order valence-electron chi connectivity index (χ1n) is 7.65. The van der Waals surface area contributed by atoms with Crippen LogP contribution in [-0.2, 0) is 0 Å². The van der Waals surface area contributed by atoms with Crippen LogP contribution in [0, 0.1) is 11.5 Å². The van der Waals surface area contributed by atoms with Crippen molar-refractivity contribution in [3.8, 4) is 11.5 Å². The third-order valence-electron chi connectivity index (χ3n) is 4.47. The van der Waals surface area contributed by atoms with Gasteiger partial charge in [0.05, 0.1) is 5.56 Å². The molecule has 1 aromatic rings. The lowest BCUT2D eigenvalue weighted by atomic mass is 10.1. The maximum absolute atomic E-state index is 11.5. The van der Waals surface area contributed by atoms with Crippen LogP contribution < -0.4 is 5.73 Å². The number of primary amides is 1. The predicted octanol–water partition coefficient (Wildman–Crippen LogP) is 4.36. The molecule has 1 amide bonds. The molecule has 2 nitrogen and oxygen atoms in total. The highest BCUT2D eigenvalue weighted by Crippen LogP contribution is 2.40. The molecule has 1 rings (SSSR count). The number of benzene rings is 1. The van der Waals surface area contributed by atoms with Crippen LogP contribution in [0.1, 0.15) is 57.5 Å². The van der Waals surface area contributed by atoms with Crippen molar-refractivity contribution in [1.82, 2.24) is 0 Å². The summed E-state index contributed by atoms with van der Waals surface area (Å²) in [6.07, 6.45) is 0. The Kier molecular flexibility index (Phi) is 5.80. The molecule has 0 unspecified atom stereocenters. The highest BCUT2D eigenvalue weighted by Gasteiger charge is 2.41. The zero-order chi connectivity index (χ0) is 16.2. The van der Waals surface area contributed by atoms with E-state index in [0.717, 1.165) is 5.56 Å². The van der Waals surface area contributed by atoms with E-state index in [2.05, 4.69) is 53.0 Å². The van der Waals surface area contributed by atoms with Crippen LogP contribution in [-0.4, -0.2) is 14.0 Å². The summed E-state index contributed by atoms with van der Waals surface area (Å²) in [7, 11) is -1.78. The number of carbonyl (C=O) groups is 1. The van der Waals surface area contributed by atoms with E-state index in [1.807, 2.05) is 18.2 Å². The summed E-state index contributed by atoms with van der Waals surface area (Å²) in [5, 5.41) is 0. The van der Waals surface area contributed by atoms with Gasteiger partial charge in [-0.25, -0.2) is 0 Å². The molecular formula is C18H27NOSi. The fourth-order valence-corrected chi connectivity index (χ4v) is 8.63. The van der Waals surface area contributed by atoms with E-state index in [-0.39, 0.29) is 0 Å². The molecule has 0 radical (unpaired) electrons. The van der Waals surface area contributed by atoms with E-state index in [1.165, 1.54) is 0 Å². The lowest BCUT2D eigenvalue weighted by Crippen LogP contribution is -2.43. The minimum Gasteiger partial charge on any atom is -0.366 e. The summed E-state index contributed by atoms with van der Waals surface area (Å²) in [5.41, 5.74) is 12.1. The summed E-state index contributed by atoms with van der Waals surface area (Å²) in [6.45, 7) is 13.7. The van der Waals surface area contributed by atoms with E-state index in [0.29, 0.717) is 22.2 Å². The topological polar surface area (TPSA) is 43.1 Å². The summed E-state index contributed by atoms with van der Waals surface area (Å²) in [5.74, 6) is 2.88. The van der Waals surface area contributed by atoms with E-state index in [1.54, 1.807) is 6.07 Å². The van der Waals surface area contributed by atoms with Crippen molar-refractivity contribution in [2.75, 3.05) is 0 Å². The summed E-state index contributed by atoms with van der Waals surface area (Å²) < 4.78 is 0. The lowest BCUT2D eigenvalue weighted by Gasteiger charge is -2.38. The molecule has 0 aliphatic heterocycles. The number of hydrogen-bond acceptors (Lipinski definition) is 1. The van der Waals surface area contributed by atoms with Crippen molar-refractivity contribution in [3.05, 3.63) is 35.4 Å². The Bertz CT molecular complexity index is 542. The Morgan fingerprint density at radius 2 is 1.48 bits per heavy atom. The minimum atomic E-state index is -1.78. The molecule has 2 N–H and O–H groups in total. The van der Waals surface area contributed by atoms with Gasteiger partial charge >= 0.3 is 0 Å². The highest BCUT2D eigenvalue weighted by molar-refractivity contribution is 6.90. The Labute approximate surface area is 130 Å². The molecule has 0 aliphatic carbocycles. The van der Waals surface area contributed by atoms with Gasteiger partial charge in [-0.2, -0.15) is 0 Å². The zero-order valence-electron chi connectivity index (χ0n) is 14.0. The summed E-state index contributed by atoms with van der Waals surface area (Å²) in [6, 6.07) is 7.35. The third-order valence-corrected chi connectivity index (χ3v) is 10.8. The monoisotopic (exact) mass is 301 g/mol. The average Bonchev–Trinajstić information content (AvgIpc) is 2.38. The first-order chi connectivity index (χ1) is 9.73. The molecule has 0 aromatic heterocycles.